The van der Waals surface area contributed by atoms with Crippen LogP contribution < -0.4 is 10.6 Å². The molecule has 4 nitrogen and oxygen atoms in total. The van der Waals surface area contributed by atoms with Gasteiger partial charge in [-0.15, -0.1) is 0 Å². The molecular formula is C8H15N3O. The quantitative estimate of drug-likeness (QED) is 0.418. The summed E-state index contributed by atoms with van der Waals surface area (Å²) in [6.07, 6.45) is 1.18. The Balaban J connectivity index is 1.98. The molecule has 0 aromatic rings. The minimum atomic E-state index is 0.599. The van der Waals surface area contributed by atoms with Crippen molar-refractivity contribution >= 4 is 0 Å². The van der Waals surface area contributed by atoms with E-state index in [1.807, 2.05) is 0 Å². The summed E-state index contributed by atoms with van der Waals surface area (Å²) in [7, 11) is 0. The number of piperazine rings is 2. The van der Waals surface area contributed by atoms with Crippen LogP contribution in [0, 0.1) is 0 Å². The Morgan fingerprint density at radius 3 is 3.25 bits per heavy atom. The molecule has 2 saturated heterocycles. The number of fused-ring (bicyclic) bond motifs is 1. The van der Waals surface area contributed by atoms with Crippen molar-refractivity contribution < 1.29 is 5.11 Å². The van der Waals surface area contributed by atoms with E-state index in [0.29, 0.717) is 6.04 Å². The molecule has 0 radical (unpaired) electrons. The number of nitrogens with zero attached hydrogens (tertiary/aromatic N) is 1. The summed E-state index contributed by atoms with van der Waals surface area (Å²) in [5.74, 6) is 0. The zero-order valence-electron chi connectivity index (χ0n) is 7.08. The van der Waals surface area contributed by atoms with Gasteiger partial charge in [-0.1, -0.05) is 0 Å². The van der Waals surface area contributed by atoms with Gasteiger partial charge in [-0.2, -0.15) is 0 Å². The van der Waals surface area contributed by atoms with Crippen molar-refractivity contribution in [2.45, 2.75) is 6.04 Å². The van der Waals surface area contributed by atoms with Crippen molar-refractivity contribution in [1.82, 2.24) is 15.5 Å². The number of nitrogens with one attached hydrogen (secondary N) is 2. The molecule has 1 unspecified atom stereocenters. The van der Waals surface area contributed by atoms with Crippen molar-refractivity contribution in [2.24, 2.45) is 0 Å². The highest BCUT2D eigenvalue weighted by atomic mass is 16.2. The number of hydrogen-bond donors (Lipinski definition) is 3. The van der Waals surface area contributed by atoms with Gasteiger partial charge in [-0.05, 0) is 0 Å². The summed E-state index contributed by atoms with van der Waals surface area (Å²) in [4.78, 5) is 2.40. The zero-order valence-corrected chi connectivity index (χ0v) is 7.08. The molecule has 2 aliphatic rings. The zero-order chi connectivity index (χ0) is 8.39. The van der Waals surface area contributed by atoms with E-state index in [1.165, 1.54) is 6.26 Å². The van der Waals surface area contributed by atoms with Gasteiger partial charge in [0.15, 0.2) is 0 Å². The van der Waals surface area contributed by atoms with Crippen LogP contribution in [0.2, 0.25) is 0 Å². The lowest BCUT2D eigenvalue weighted by Crippen LogP contribution is -2.59. The first kappa shape index (κ1) is 7.89. The molecule has 1 atom stereocenters. The first-order chi connectivity index (χ1) is 5.90. The molecule has 3 N–H and O–H groups in total. The van der Waals surface area contributed by atoms with Crippen molar-refractivity contribution in [2.75, 3.05) is 32.7 Å². The SMILES string of the molecule is O/C=C1/CN2CCNCC2CN1. The van der Waals surface area contributed by atoms with Gasteiger partial charge in [0.25, 0.3) is 0 Å². The van der Waals surface area contributed by atoms with Crippen LogP contribution in [0.25, 0.3) is 0 Å². The molecule has 12 heavy (non-hydrogen) atoms. The van der Waals surface area contributed by atoms with E-state index in [-0.39, 0.29) is 0 Å². The van der Waals surface area contributed by atoms with Crippen molar-refractivity contribution in [3.8, 4) is 0 Å². The van der Waals surface area contributed by atoms with Gasteiger partial charge in [0.2, 0.25) is 0 Å². The summed E-state index contributed by atoms with van der Waals surface area (Å²) < 4.78 is 0. The number of rotatable bonds is 0. The van der Waals surface area contributed by atoms with Crippen LogP contribution in [0.5, 0.6) is 0 Å². The summed E-state index contributed by atoms with van der Waals surface area (Å²) in [6.45, 7) is 5.02. The summed E-state index contributed by atoms with van der Waals surface area (Å²) >= 11 is 0. The highest BCUT2D eigenvalue weighted by Gasteiger charge is 2.26. The van der Waals surface area contributed by atoms with Gasteiger partial charge in [0.1, 0.15) is 0 Å². The normalized spacial score (nSPS) is 34.3. The summed E-state index contributed by atoms with van der Waals surface area (Å²) in [5, 5.41) is 15.4. The van der Waals surface area contributed by atoms with Crippen LogP contribution >= 0.6 is 0 Å². The molecule has 0 amide bonds. The first-order valence-corrected chi connectivity index (χ1v) is 4.42. The second kappa shape index (κ2) is 3.33. The van der Waals surface area contributed by atoms with E-state index in [9.17, 15) is 0 Å². The molecule has 2 rings (SSSR count). The van der Waals surface area contributed by atoms with Crippen molar-refractivity contribution in [3.05, 3.63) is 12.0 Å². The fraction of sp³-hybridized carbons (Fsp3) is 0.750. The smallest absolute Gasteiger partial charge is 0.0994 e. The van der Waals surface area contributed by atoms with E-state index in [0.717, 1.165) is 38.4 Å². The topological polar surface area (TPSA) is 47.5 Å². The molecule has 4 heteroatoms. The Morgan fingerprint density at radius 1 is 1.50 bits per heavy atom. The molecule has 0 aromatic heterocycles. The third-order valence-corrected chi connectivity index (χ3v) is 2.57. The Kier molecular flexibility index (Phi) is 2.19. The molecule has 0 aromatic carbocycles. The van der Waals surface area contributed by atoms with Gasteiger partial charge in [-0.25, -0.2) is 0 Å². The van der Waals surface area contributed by atoms with Gasteiger partial charge in [0, 0.05) is 38.8 Å². The predicted molar refractivity (Wildman–Crippen MR) is 46.9 cm³/mol. The molecule has 0 bridgehead atoms. The van der Waals surface area contributed by atoms with E-state index >= 15 is 0 Å². The lowest BCUT2D eigenvalue weighted by Gasteiger charge is -2.40. The average Bonchev–Trinajstić information content (AvgIpc) is 2.17. The predicted octanol–water partition coefficient (Wildman–Crippen LogP) is -0.737. The highest BCUT2D eigenvalue weighted by Crippen LogP contribution is 2.09. The fourth-order valence-corrected chi connectivity index (χ4v) is 1.82. The minimum absolute atomic E-state index is 0.599. The van der Waals surface area contributed by atoms with Crippen molar-refractivity contribution in [1.29, 1.82) is 0 Å². The summed E-state index contributed by atoms with van der Waals surface area (Å²) in [5.41, 5.74) is 0.938. The first-order valence-electron chi connectivity index (χ1n) is 4.42. The van der Waals surface area contributed by atoms with Crippen molar-refractivity contribution in [3.63, 3.8) is 0 Å². The van der Waals surface area contributed by atoms with Gasteiger partial charge >= 0.3 is 0 Å². The Morgan fingerprint density at radius 2 is 2.42 bits per heavy atom. The van der Waals surface area contributed by atoms with Crippen LogP contribution in [-0.2, 0) is 0 Å². The van der Waals surface area contributed by atoms with Gasteiger partial charge < -0.3 is 15.7 Å². The van der Waals surface area contributed by atoms with Crippen LogP contribution in [0.3, 0.4) is 0 Å². The number of hydrogen-bond acceptors (Lipinski definition) is 4. The van der Waals surface area contributed by atoms with E-state index < -0.39 is 0 Å². The Hall–Kier alpha value is -0.740. The second-order valence-corrected chi connectivity index (χ2v) is 3.36. The Labute approximate surface area is 72.2 Å². The molecule has 2 fully saturated rings. The maximum atomic E-state index is 8.81. The third kappa shape index (κ3) is 1.40. The van der Waals surface area contributed by atoms with Crippen LogP contribution in [-0.4, -0.2) is 48.8 Å². The van der Waals surface area contributed by atoms with Gasteiger partial charge in [-0.3, -0.25) is 4.90 Å². The number of aliphatic hydroxyl groups excluding tert-OH is 1. The average molecular weight is 169 g/mol. The van der Waals surface area contributed by atoms with E-state index in [2.05, 4.69) is 15.5 Å². The molecule has 0 aliphatic carbocycles. The largest absolute Gasteiger partial charge is 0.514 e. The van der Waals surface area contributed by atoms with E-state index in [4.69, 9.17) is 5.11 Å². The van der Waals surface area contributed by atoms with Crippen LogP contribution in [0.1, 0.15) is 0 Å². The van der Waals surface area contributed by atoms with Crippen LogP contribution in [0.15, 0.2) is 12.0 Å². The minimum Gasteiger partial charge on any atom is -0.514 e. The molecule has 68 valence electrons. The van der Waals surface area contributed by atoms with Crippen LogP contribution in [0.4, 0.5) is 0 Å². The third-order valence-electron chi connectivity index (χ3n) is 2.57. The standard InChI is InChI=1S/C8H15N3O/c12-6-7-5-11-2-1-9-3-8(11)4-10-7/h6,8-10,12H,1-5H2/b7-6-. The van der Waals surface area contributed by atoms with Gasteiger partial charge in [0.05, 0.1) is 12.0 Å². The maximum Gasteiger partial charge on any atom is 0.0994 e. The lowest BCUT2D eigenvalue weighted by molar-refractivity contribution is 0.148. The lowest BCUT2D eigenvalue weighted by atomic mass is 10.1. The van der Waals surface area contributed by atoms with E-state index in [1.54, 1.807) is 0 Å². The molecule has 2 aliphatic heterocycles. The fourth-order valence-electron chi connectivity index (χ4n) is 1.82. The molecular weight excluding hydrogens is 154 g/mol. The summed E-state index contributed by atoms with van der Waals surface area (Å²) in [6, 6.07) is 0.599. The highest BCUT2D eigenvalue weighted by molar-refractivity contribution is 5.05. The molecule has 0 saturated carbocycles. The number of aliphatic hydroxyl groups is 1. The second-order valence-electron chi connectivity index (χ2n) is 3.36. The molecule has 0 spiro atoms. The Bertz CT molecular complexity index is 193. The maximum absolute atomic E-state index is 8.81. The monoisotopic (exact) mass is 169 g/mol. The molecule has 2 heterocycles.